The van der Waals surface area contributed by atoms with Crippen molar-refractivity contribution in [1.29, 1.82) is 0 Å². The summed E-state index contributed by atoms with van der Waals surface area (Å²) in [7, 11) is 0. The lowest BCUT2D eigenvalue weighted by molar-refractivity contribution is -0.136. The molecule has 0 unspecified atom stereocenters. The Morgan fingerprint density at radius 2 is 2.10 bits per heavy atom. The molecule has 0 aromatic heterocycles. The molecule has 0 bridgehead atoms. The van der Waals surface area contributed by atoms with Gasteiger partial charge in [0, 0.05) is 17.2 Å². The molecule has 1 aromatic rings. The normalized spacial score (nSPS) is 21.4. The van der Waals surface area contributed by atoms with E-state index in [0.717, 1.165) is 5.57 Å². The van der Waals surface area contributed by atoms with Gasteiger partial charge in [-0.25, -0.2) is 0 Å². The summed E-state index contributed by atoms with van der Waals surface area (Å²) in [4.78, 5) is 25.0. The summed E-state index contributed by atoms with van der Waals surface area (Å²) in [6.07, 6.45) is 3.15. The summed E-state index contributed by atoms with van der Waals surface area (Å²) in [5, 5.41) is 12.2. The van der Waals surface area contributed by atoms with Crippen LogP contribution < -0.4 is 5.32 Å². The first kappa shape index (κ1) is 15.3. The van der Waals surface area contributed by atoms with Crippen molar-refractivity contribution >= 4 is 17.4 Å². The van der Waals surface area contributed by atoms with Crippen LogP contribution in [0.2, 0.25) is 0 Å². The van der Waals surface area contributed by atoms with Crippen molar-refractivity contribution in [1.82, 2.24) is 0 Å². The Morgan fingerprint density at radius 3 is 2.76 bits per heavy atom. The predicted molar refractivity (Wildman–Crippen MR) is 82.0 cm³/mol. The third-order valence-electron chi connectivity index (χ3n) is 3.90. The van der Waals surface area contributed by atoms with Crippen molar-refractivity contribution in [2.75, 3.05) is 5.32 Å². The number of allylic oxidation sites excluding steroid dienone is 2. The van der Waals surface area contributed by atoms with Crippen LogP contribution in [-0.2, 0) is 9.59 Å². The molecule has 1 amide bonds. The van der Waals surface area contributed by atoms with Gasteiger partial charge in [-0.15, -0.1) is 0 Å². The fourth-order valence-electron chi connectivity index (χ4n) is 2.52. The predicted octanol–water partition coefficient (Wildman–Crippen LogP) is 3.28. The van der Waals surface area contributed by atoms with E-state index in [0.29, 0.717) is 18.5 Å². The second-order valence-corrected chi connectivity index (χ2v) is 6.30. The molecule has 2 rings (SSSR count). The van der Waals surface area contributed by atoms with Crippen LogP contribution in [-0.4, -0.2) is 16.8 Å². The van der Waals surface area contributed by atoms with Crippen molar-refractivity contribution in [2.24, 2.45) is 11.3 Å². The average molecular weight is 287 g/mol. The van der Waals surface area contributed by atoms with Gasteiger partial charge in [0.15, 0.2) is 5.78 Å². The minimum absolute atomic E-state index is 0.0340. The van der Waals surface area contributed by atoms with Gasteiger partial charge in [0.2, 0.25) is 5.91 Å². The molecule has 112 valence electrons. The van der Waals surface area contributed by atoms with Gasteiger partial charge in [0.25, 0.3) is 0 Å². The number of benzene rings is 1. The maximum atomic E-state index is 12.6. The van der Waals surface area contributed by atoms with Crippen molar-refractivity contribution in [3.05, 3.63) is 35.9 Å². The fourth-order valence-corrected chi connectivity index (χ4v) is 2.52. The summed E-state index contributed by atoms with van der Waals surface area (Å²) in [6, 6.07) is 6.33. The molecule has 0 spiro atoms. The Hall–Kier alpha value is -2.10. The SMILES string of the molecule is CC1=CCC(C)(C)C(=O)[C@H](C(=O)Nc2cccc(O)c2)C1. The summed E-state index contributed by atoms with van der Waals surface area (Å²) in [6.45, 7) is 5.70. The summed E-state index contributed by atoms with van der Waals surface area (Å²) >= 11 is 0. The van der Waals surface area contributed by atoms with Crippen LogP contribution in [0.25, 0.3) is 0 Å². The van der Waals surface area contributed by atoms with Gasteiger partial charge in [-0.05, 0) is 31.9 Å². The number of carbonyl (C=O) groups is 2. The molecule has 0 radical (unpaired) electrons. The van der Waals surface area contributed by atoms with Gasteiger partial charge >= 0.3 is 0 Å². The molecule has 1 aromatic carbocycles. The molecule has 4 heteroatoms. The topological polar surface area (TPSA) is 66.4 Å². The quantitative estimate of drug-likeness (QED) is 0.648. The Bertz CT molecular complexity index is 602. The van der Waals surface area contributed by atoms with Gasteiger partial charge < -0.3 is 10.4 Å². The second-order valence-electron chi connectivity index (χ2n) is 6.30. The maximum absolute atomic E-state index is 12.6. The lowest BCUT2D eigenvalue weighted by atomic mass is 9.79. The van der Waals surface area contributed by atoms with Crippen LogP contribution in [0.3, 0.4) is 0 Å². The number of hydrogen-bond acceptors (Lipinski definition) is 3. The Balaban J connectivity index is 2.20. The zero-order valence-corrected chi connectivity index (χ0v) is 12.6. The molecule has 1 atom stereocenters. The smallest absolute Gasteiger partial charge is 0.235 e. The number of Topliss-reactive ketones (excluding diaryl/α,β-unsaturated/α-hetero) is 1. The number of carbonyl (C=O) groups excluding carboxylic acids is 2. The molecule has 4 nitrogen and oxygen atoms in total. The van der Waals surface area contributed by atoms with Gasteiger partial charge in [-0.3, -0.25) is 9.59 Å². The molecule has 0 aliphatic heterocycles. The minimum atomic E-state index is -0.680. The highest BCUT2D eigenvalue weighted by molar-refractivity contribution is 6.09. The largest absolute Gasteiger partial charge is 0.508 e. The van der Waals surface area contributed by atoms with Crippen LogP contribution in [0.4, 0.5) is 5.69 Å². The van der Waals surface area contributed by atoms with E-state index in [1.165, 1.54) is 12.1 Å². The van der Waals surface area contributed by atoms with Gasteiger partial charge in [-0.1, -0.05) is 31.6 Å². The third kappa shape index (κ3) is 3.51. The summed E-state index contributed by atoms with van der Waals surface area (Å²) < 4.78 is 0. The van der Waals surface area contributed by atoms with E-state index in [9.17, 15) is 14.7 Å². The Morgan fingerprint density at radius 1 is 1.38 bits per heavy atom. The van der Waals surface area contributed by atoms with E-state index in [-0.39, 0.29) is 17.4 Å². The van der Waals surface area contributed by atoms with Crippen molar-refractivity contribution in [2.45, 2.75) is 33.6 Å². The number of amides is 1. The number of phenols is 1. The summed E-state index contributed by atoms with van der Waals surface area (Å²) in [5.41, 5.74) is 1.03. The summed E-state index contributed by atoms with van der Waals surface area (Å²) in [5.74, 6) is -0.945. The molecule has 0 saturated heterocycles. The van der Waals surface area contributed by atoms with E-state index < -0.39 is 11.3 Å². The van der Waals surface area contributed by atoms with Crippen molar-refractivity contribution in [3.63, 3.8) is 0 Å². The zero-order valence-electron chi connectivity index (χ0n) is 12.6. The third-order valence-corrected chi connectivity index (χ3v) is 3.90. The van der Waals surface area contributed by atoms with E-state index in [1.54, 1.807) is 12.1 Å². The molecule has 2 N–H and O–H groups in total. The number of ketones is 1. The molecule has 1 aliphatic carbocycles. The van der Waals surface area contributed by atoms with Crippen LogP contribution in [0, 0.1) is 11.3 Å². The first-order valence-corrected chi connectivity index (χ1v) is 7.09. The van der Waals surface area contributed by atoms with Crippen LogP contribution >= 0.6 is 0 Å². The standard InChI is InChI=1S/C17H21NO3/c1-11-7-8-17(2,3)15(20)14(9-11)16(21)18-12-5-4-6-13(19)10-12/h4-7,10,14,19H,8-9H2,1-3H3,(H,18,21)/t14-/m1/s1. The van der Waals surface area contributed by atoms with E-state index in [4.69, 9.17) is 0 Å². The highest BCUT2D eigenvalue weighted by atomic mass is 16.3. The van der Waals surface area contributed by atoms with Crippen molar-refractivity contribution < 1.29 is 14.7 Å². The van der Waals surface area contributed by atoms with Gasteiger partial charge in [0.05, 0.1) is 0 Å². The molecule has 1 aliphatic rings. The maximum Gasteiger partial charge on any atom is 0.235 e. The number of aromatic hydroxyl groups is 1. The number of phenolic OH excluding ortho intramolecular Hbond substituents is 1. The molecule has 0 fully saturated rings. The molecular weight excluding hydrogens is 266 g/mol. The van der Waals surface area contributed by atoms with Crippen LogP contribution in [0.1, 0.15) is 33.6 Å². The first-order valence-electron chi connectivity index (χ1n) is 7.09. The number of anilines is 1. The molecule has 0 heterocycles. The van der Waals surface area contributed by atoms with Gasteiger partial charge in [-0.2, -0.15) is 0 Å². The van der Waals surface area contributed by atoms with E-state index >= 15 is 0 Å². The van der Waals surface area contributed by atoms with Crippen LogP contribution in [0.15, 0.2) is 35.9 Å². The number of rotatable bonds is 2. The van der Waals surface area contributed by atoms with Crippen LogP contribution in [0.5, 0.6) is 5.75 Å². The average Bonchev–Trinajstić information content (AvgIpc) is 2.50. The minimum Gasteiger partial charge on any atom is -0.508 e. The highest BCUT2D eigenvalue weighted by Crippen LogP contribution is 2.33. The lowest BCUT2D eigenvalue weighted by Crippen LogP contribution is -2.37. The second kappa shape index (κ2) is 5.72. The molecule has 0 saturated carbocycles. The molecular formula is C17H21NO3. The first-order chi connectivity index (χ1) is 9.79. The van der Waals surface area contributed by atoms with E-state index in [1.807, 2.05) is 26.8 Å². The number of nitrogens with one attached hydrogen (secondary N) is 1. The van der Waals surface area contributed by atoms with Crippen molar-refractivity contribution in [3.8, 4) is 5.75 Å². The molecule has 21 heavy (non-hydrogen) atoms. The van der Waals surface area contributed by atoms with E-state index in [2.05, 4.69) is 5.32 Å². The highest BCUT2D eigenvalue weighted by Gasteiger charge is 2.38. The Kier molecular flexibility index (Phi) is 4.16. The fraction of sp³-hybridized carbons (Fsp3) is 0.412. The lowest BCUT2D eigenvalue weighted by Gasteiger charge is -2.24. The Labute approximate surface area is 124 Å². The van der Waals surface area contributed by atoms with Gasteiger partial charge in [0.1, 0.15) is 11.7 Å². The number of hydrogen-bond donors (Lipinski definition) is 2. The zero-order chi connectivity index (χ0) is 15.6. The monoisotopic (exact) mass is 287 g/mol.